The van der Waals surface area contributed by atoms with Gasteiger partial charge in [-0.1, -0.05) is 20.8 Å². The summed E-state index contributed by atoms with van der Waals surface area (Å²) in [6.07, 6.45) is 7.01. The Labute approximate surface area is 129 Å². The van der Waals surface area contributed by atoms with Gasteiger partial charge < -0.3 is 4.74 Å². The van der Waals surface area contributed by atoms with Crippen molar-refractivity contribution in [3.05, 3.63) is 12.5 Å². The van der Waals surface area contributed by atoms with E-state index in [9.17, 15) is 0 Å². The molecule has 1 spiro atoms. The van der Waals surface area contributed by atoms with Crippen LogP contribution in [0.5, 0.6) is 6.01 Å². The van der Waals surface area contributed by atoms with Gasteiger partial charge in [-0.05, 0) is 24.7 Å². The van der Waals surface area contributed by atoms with Crippen molar-refractivity contribution in [1.82, 2.24) is 19.6 Å². The van der Waals surface area contributed by atoms with Crippen molar-refractivity contribution in [1.29, 1.82) is 0 Å². The van der Waals surface area contributed by atoms with Gasteiger partial charge in [0.1, 0.15) is 24.0 Å². The van der Waals surface area contributed by atoms with Crippen molar-refractivity contribution in [2.75, 3.05) is 18.4 Å². The van der Waals surface area contributed by atoms with Gasteiger partial charge in [0.25, 0.3) is 0 Å². The maximum absolute atomic E-state index is 5.70. The first kappa shape index (κ1) is 13.8. The lowest BCUT2D eigenvalue weighted by Gasteiger charge is -2.56. The number of hydrogen-bond acceptors (Lipinski definition) is 6. The highest BCUT2D eigenvalue weighted by Gasteiger charge is 2.52. The van der Waals surface area contributed by atoms with Crippen LogP contribution in [0, 0.1) is 5.41 Å². The van der Waals surface area contributed by atoms with Crippen LogP contribution in [0.3, 0.4) is 0 Å². The van der Waals surface area contributed by atoms with Crippen molar-refractivity contribution in [2.45, 2.75) is 45.6 Å². The van der Waals surface area contributed by atoms with Crippen LogP contribution >= 0.6 is 0 Å². The van der Waals surface area contributed by atoms with E-state index in [2.05, 4.69) is 35.7 Å². The summed E-state index contributed by atoms with van der Waals surface area (Å²) in [7, 11) is 0. The third kappa shape index (κ3) is 2.11. The Morgan fingerprint density at radius 1 is 1.32 bits per heavy atom. The van der Waals surface area contributed by atoms with E-state index in [1.54, 1.807) is 12.5 Å². The second-order valence-corrected chi connectivity index (χ2v) is 7.42. The van der Waals surface area contributed by atoms with Gasteiger partial charge in [0.15, 0.2) is 5.65 Å². The van der Waals surface area contributed by atoms with Crippen LogP contribution in [-0.4, -0.2) is 38.4 Å². The zero-order valence-corrected chi connectivity index (χ0v) is 13.2. The van der Waals surface area contributed by atoms with Gasteiger partial charge in [0, 0.05) is 0 Å². The van der Waals surface area contributed by atoms with Gasteiger partial charge in [0.2, 0.25) is 0 Å². The van der Waals surface area contributed by atoms with Crippen LogP contribution in [0.15, 0.2) is 12.5 Å². The minimum atomic E-state index is 0.0646. The zero-order chi connectivity index (χ0) is 15.4. The van der Waals surface area contributed by atoms with Crippen molar-refractivity contribution in [3.63, 3.8) is 0 Å². The summed E-state index contributed by atoms with van der Waals surface area (Å²) in [4.78, 5) is 18.7. The minimum absolute atomic E-state index is 0.0646. The van der Waals surface area contributed by atoms with Crippen molar-refractivity contribution < 1.29 is 9.57 Å². The van der Waals surface area contributed by atoms with Gasteiger partial charge in [-0.25, -0.2) is 14.6 Å². The molecule has 4 rings (SSSR count). The number of imidazole rings is 1. The fourth-order valence-electron chi connectivity index (χ4n) is 2.78. The summed E-state index contributed by atoms with van der Waals surface area (Å²) in [6.45, 7) is 7.69. The molecule has 1 aliphatic carbocycles. The average Bonchev–Trinajstić information content (AvgIpc) is 2.76. The van der Waals surface area contributed by atoms with Crippen LogP contribution in [-0.2, 0) is 4.84 Å². The molecule has 2 fully saturated rings. The average molecular weight is 303 g/mol. The molecular formula is C15H21N5O2. The molecule has 0 bridgehead atoms. The molecule has 2 aromatic heterocycles. The molecule has 0 aromatic carbocycles. The maximum atomic E-state index is 5.70. The smallest absolute Gasteiger partial charge is 0.318 e. The molecule has 118 valence electrons. The Hall–Kier alpha value is -1.89. The van der Waals surface area contributed by atoms with E-state index in [1.165, 1.54) is 6.42 Å². The van der Waals surface area contributed by atoms with E-state index in [0.717, 1.165) is 30.6 Å². The number of nitrogens with zero attached hydrogens (tertiary/aromatic N) is 5. The first-order valence-electron chi connectivity index (χ1n) is 7.73. The van der Waals surface area contributed by atoms with Crippen molar-refractivity contribution in [3.8, 4) is 6.01 Å². The quantitative estimate of drug-likeness (QED) is 0.864. The standard InChI is InChI=1S/C15H21N5O2/c1-14(2,3)8-21-13-16-7-11-12(18-13)19(10-17-11)20-15(9-22-20)5-4-6-15/h7,10H,4-6,8-9H2,1-3H3. The van der Waals surface area contributed by atoms with E-state index < -0.39 is 0 Å². The number of aromatic nitrogens is 4. The molecule has 22 heavy (non-hydrogen) atoms. The normalized spacial score (nSPS) is 20.0. The Kier molecular flexibility index (Phi) is 2.84. The number of hydroxylamine groups is 1. The van der Waals surface area contributed by atoms with Gasteiger partial charge in [0.05, 0.1) is 12.8 Å². The van der Waals surface area contributed by atoms with Crippen LogP contribution < -0.4 is 9.91 Å². The van der Waals surface area contributed by atoms with Crippen LogP contribution in [0.1, 0.15) is 40.0 Å². The molecule has 3 heterocycles. The first-order valence-corrected chi connectivity index (χ1v) is 7.73. The number of rotatable bonds is 3. The third-order valence-corrected chi connectivity index (χ3v) is 4.23. The predicted molar refractivity (Wildman–Crippen MR) is 81.0 cm³/mol. The molecule has 0 N–H and O–H groups in total. The van der Waals surface area contributed by atoms with Crippen LogP contribution in [0.25, 0.3) is 11.2 Å². The zero-order valence-electron chi connectivity index (χ0n) is 13.2. The summed E-state index contributed by atoms with van der Waals surface area (Å²) < 4.78 is 7.58. The Bertz CT molecular complexity index is 696. The topological polar surface area (TPSA) is 65.3 Å². The molecule has 1 saturated heterocycles. The Balaban J connectivity index is 1.62. The lowest BCUT2D eigenvalue weighted by molar-refractivity contribution is -0.162. The largest absolute Gasteiger partial charge is 0.463 e. The maximum Gasteiger partial charge on any atom is 0.318 e. The van der Waals surface area contributed by atoms with E-state index in [4.69, 9.17) is 9.57 Å². The van der Waals surface area contributed by atoms with Crippen molar-refractivity contribution >= 4 is 11.2 Å². The molecule has 1 aliphatic heterocycles. The summed E-state index contributed by atoms with van der Waals surface area (Å²) in [5.41, 5.74) is 1.68. The van der Waals surface area contributed by atoms with E-state index in [0.29, 0.717) is 12.6 Å². The Morgan fingerprint density at radius 2 is 2.14 bits per heavy atom. The van der Waals surface area contributed by atoms with Gasteiger partial charge in [-0.2, -0.15) is 10.2 Å². The van der Waals surface area contributed by atoms with Gasteiger partial charge >= 0.3 is 6.01 Å². The molecule has 0 amide bonds. The minimum Gasteiger partial charge on any atom is -0.463 e. The van der Waals surface area contributed by atoms with E-state index in [1.807, 2.05) is 9.85 Å². The van der Waals surface area contributed by atoms with E-state index >= 15 is 0 Å². The lowest BCUT2D eigenvalue weighted by atomic mass is 9.76. The molecule has 0 radical (unpaired) electrons. The highest BCUT2D eigenvalue weighted by molar-refractivity contribution is 5.70. The summed E-state index contributed by atoms with van der Waals surface area (Å²) in [6, 6.07) is 0.382. The van der Waals surface area contributed by atoms with Gasteiger partial charge in [-0.3, -0.25) is 4.84 Å². The number of hydrogen-bond donors (Lipinski definition) is 0. The SMILES string of the molecule is CC(C)(C)COc1ncc2ncn(N3OCC34CCC4)c2n1. The molecule has 7 nitrogen and oxygen atoms in total. The predicted octanol–water partition coefficient (Wildman–Crippen LogP) is 2.06. The molecule has 2 aromatic rings. The second kappa shape index (κ2) is 4.55. The number of ether oxygens (including phenoxy) is 1. The fraction of sp³-hybridized carbons (Fsp3) is 0.667. The van der Waals surface area contributed by atoms with Crippen LogP contribution in [0.2, 0.25) is 0 Å². The Morgan fingerprint density at radius 3 is 2.73 bits per heavy atom. The highest BCUT2D eigenvalue weighted by Crippen LogP contribution is 2.43. The molecule has 1 saturated carbocycles. The van der Waals surface area contributed by atoms with E-state index in [-0.39, 0.29) is 11.0 Å². The second-order valence-electron chi connectivity index (χ2n) is 7.42. The molecular weight excluding hydrogens is 282 g/mol. The lowest BCUT2D eigenvalue weighted by Crippen LogP contribution is -2.70. The van der Waals surface area contributed by atoms with Crippen LogP contribution in [0.4, 0.5) is 0 Å². The first-order chi connectivity index (χ1) is 10.5. The fourth-order valence-corrected chi connectivity index (χ4v) is 2.78. The number of fused-ring (bicyclic) bond motifs is 1. The summed E-state index contributed by atoms with van der Waals surface area (Å²) in [5, 5.41) is 1.91. The monoisotopic (exact) mass is 303 g/mol. The molecule has 0 atom stereocenters. The molecule has 2 aliphatic rings. The molecule has 0 unspecified atom stereocenters. The highest BCUT2D eigenvalue weighted by atomic mass is 16.8. The van der Waals surface area contributed by atoms with Gasteiger partial charge in [-0.15, -0.1) is 0 Å². The summed E-state index contributed by atoms with van der Waals surface area (Å²) in [5.74, 6) is 0. The molecule has 7 heteroatoms. The van der Waals surface area contributed by atoms with Crippen molar-refractivity contribution in [2.24, 2.45) is 5.41 Å². The third-order valence-electron chi connectivity index (χ3n) is 4.23. The summed E-state index contributed by atoms with van der Waals surface area (Å²) >= 11 is 0.